The van der Waals surface area contributed by atoms with Gasteiger partial charge in [0.2, 0.25) is 17.3 Å². The van der Waals surface area contributed by atoms with Crippen LogP contribution in [0.25, 0.3) is 79.3 Å². The Morgan fingerprint density at radius 3 is 1.56 bits per heavy atom. The maximum Gasteiger partial charge on any atom is 0.238 e. The van der Waals surface area contributed by atoms with Crippen molar-refractivity contribution in [3.05, 3.63) is 140 Å². The summed E-state index contributed by atoms with van der Waals surface area (Å²) in [5, 5.41) is 0. The fourth-order valence-corrected chi connectivity index (χ4v) is 5.67. The summed E-state index contributed by atoms with van der Waals surface area (Å²) in [7, 11) is 0. The number of hydrogen-bond acceptors (Lipinski definition) is 7. The number of nitrogens with one attached hydrogen (secondary N) is 2. The molecular weight excluding hydrogens is 598 g/mol. The molecule has 9 aromatic rings. The first kappa shape index (κ1) is 27.3. The van der Waals surface area contributed by atoms with Crippen molar-refractivity contribution in [1.29, 1.82) is 0 Å². The number of fused-ring (bicyclic) bond motifs is 8. The minimum absolute atomic E-state index is 0.346. The summed E-state index contributed by atoms with van der Waals surface area (Å²) in [5.74, 6) is 1.21. The van der Waals surface area contributed by atoms with Crippen LogP contribution in [0, 0.1) is 0 Å². The molecule has 4 aromatic carbocycles. The number of aromatic nitrogens is 11. The lowest BCUT2D eigenvalue weighted by Crippen LogP contribution is -1.93. The van der Waals surface area contributed by atoms with Gasteiger partial charge < -0.3 is 9.97 Å². The summed E-state index contributed by atoms with van der Waals surface area (Å²) in [6.07, 6.45) is 3.71. The number of nitrogens with zero attached hydrogens (tertiary/aromatic N) is 9. The van der Waals surface area contributed by atoms with Gasteiger partial charge in [-0.1, -0.05) is 97.1 Å². The molecule has 2 N–H and O–H groups in total. The molecule has 0 aliphatic carbocycles. The lowest BCUT2D eigenvalue weighted by atomic mass is 10.1. The zero-order valence-corrected chi connectivity index (χ0v) is 25.3. The van der Waals surface area contributed by atoms with E-state index < -0.39 is 0 Å². The fourth-order valence-electron chi connectivity index (χ4n) is 5.67. The van der Waals surface area contributed by atoms with Crippen molar-refractivity contribution in [2.45, 2.75) is 0 Å². The molecular formula is C37H25N11. The maximum absolute atomic E-state index is 5.05. The fraction of sp³-hybridized carbons (Fsp3) is 0. The minimum Gasteiger partial charge on any atom is -0.324 e. The van der Waals surface area contributed by atoms with E-state index in [0.29, 0.717) is 51.3 Å². The molecule has 0 saturated carbocycles. The number of para-hydroxylation sites is 2. The molecule has 5 heterocycles. The van der Waals surface area contributed by atoms with Crippen molar-refractivity contribution < 1.29 is 0 Å². The molecule has 48 heavy (non-hydrogen) atoms. The number of imidazole rings is 3. The van der Waals surface area contributed by atoms with Crippen molar-refractivity contribution in [3.63, 3.8) is 0 Å². The Labute approximate surface area is 272 Å². The van der Waals surface area contributed by atoms with Crippen LogP contribution >= 0.6 is 0 Å². The zero-order chi connectivity index (χ0) is 31.9. The Kier molecular flexibility index (Phi) is 6.49. The SMILES string of the molecule is c1ccc(-c2cc3nc4cn(-c5ccccc5)c(n4)nc4[nH]c(nc4-c4ccccc4)nc4cn(-c5ccccc5)c(n4)nc2[nH]3)cc1. The minimum atomic E-state index is 0.346. The van der Waals surface area contributed by atoms with E-state index in [1.54, 1.807) is 0 Å². The largest absolute Gasteiger partial charge is 0.324 e. The molecule has 0 aliphatic heterocycles. The first-order chi connectivity index (χ1) is 23.7. The van der Waals surface area contributed by atoms with E-state index in [1.807, 2.05) is 149 Å². The van der Waals surface area contributed by atoms with Crippen molar-refractivity contribution in [3.8, 4) is 33.8 Å². The summed E-state index contributed by atoms with van der Waals surface area (Å²) < 4.78 is 3.81. The van der Waals surface area contributed by atoms with Gasteiger partial charge in [0.15, 0.2) is 16.9 Å². The smallest absolute Gasteiger partial charge is 0.238 e. The van der Waals surface area contributed by atoms with Gasteiger partial charge in [-0.2, -0.15) is 24.9 Å². The van der Waals surface area contributed by atoms with E-state index in [9.17, 15) is 0 Å². The number of hydrogen-bond donors (Lipinski definition) is 2. The molecule has 0 unspecified atom stereocenters. The number of rotatable bonds is 4. The summed E-state index contributed by atoms with van der Waals surface area (Å²) in [6, 6.07) is 41.7. The van der Waals surface area contributed by atoms with E-state index in [2.05, 4.69) is 9.97 Å². The molecule has 0 spiro atoms. The van der Waals surface area contributed by atoms with Gasteiger partial charge in [-0.15, -0.1) is 0 Å². The average molecular weight is 624 g/mol. The molecule has 228 valence electrons. The second kappa shape index (κ2) is 11.4. The van der Waals surface area contributed by atoms with E-state index in [0.717, 1.165) is 28.1 Å². The molecule has 9 rings (SSSR count). The van der Waals surface area contributed by atoms with Crippen LogP contribution in [0.5, 0.6) is 0 Å². The van der Waals surface area contributed by atoms with Gasteiger partial charge in [-0.25, -0.2) is 9.97 Å². The highest BCUT2D eigenvalue weighted by atomic mass is 15.2. The topological polar surface area (TPSA) is 132 Å². The van der Waals surface area contributed by atoms with Gasteiger partial charge in [0.25, 0.3) is 0 Å². The Morgan fingerprint density at radius 1 is 0.438 bits per heavy atom. The van der Waals surface area contributed by atoms with Crippen molar-refractivity contribution in [2.24, 2.45) is 0 Å². The van der Waals surface area contributed by atoms with E-state index in [4.69, 9.17) is 34.9 Å². The van der Waals surface area contributed by atoms with Gasteiger partial charge in [-0.05, 0) is 35.9 Å². The lowest BCUT2D eigenvalue weighted by molar-refractivity contribution is 1.08. The van der Waals surface area contributed by atoms with Gasteiger partial charge in [0, 0.05) is 22.5 Å². The van der Waals surface area contributed by atoms with Gasteiger partial charge >= 0.3 is 0 Å². The highest BCUT2D eigenvalue weighted by Crippen LogP contribution is 2.26. The van der Waals surface area contributed by atoms with Crippen LogP contribution in [-0.2, 0) is 0 Å². The van der Waals surface area contributed by atoms with Crippen molar-refractivity contribution in [2.75, 3.05) is 0 Å². The third-order valence-corrected chi connectivity index (χ3v) is 7.88. The molecule has 11 nitrogen and oxygen atoms in total. The van der Waals surface area contributed by atoms with Gasteiger partial charge in [0.1, 0.15) is 17.0 Å². The molecule has 0 amide bonds. The summed E-state index contributed by atoms with van der Waals surface area (Å²) in [5.41, 5.74) is 7.72. The Balaban J connectivity index is 1.42. The van der Waals surface area contributed by atoms with Crippen LogP contribution in [0.1, 0.15) is 0 Å². The summed E-state index contributed by atoms with van der Waals surface area (Å²) in [4.78, 5) is 41.2. The van der Waals surface area contributed by atoms with Crippen LogP contribution in [-0.4, -0.2) is 54.0 Å². The predicted molar refractivity (Wildman–Crippen MR) is 186 cm³/mol. The monoisotopic (exact) mass is 623 g/mol. The highest BCUT2D eigenvalue weighted by Gasteiger charge is 2.13. The highest BCUT2D eigenvalue weighted by molar-refractivity contribution is 5.83. The average Bonchev–Trinajstić information content (AvgIpc) is 3.92. The van der Waals surface area contributed by atoms with Gasteiger partial charge in [0.05, 0.1) is 12.4 Å². The van der Waals surface area contributed by atoms with E-state index in [1.165, 1.54) is 0 Å². The van der Waals surface area contributed by atoms with Crippen molar-refractivity contribution >= 4 is 45.6 Å². The first-order valence-corrected chi connectivity index (χ1v) is 15.3. The summed E-state index contributed by atoms with van der Waals surface area (Å²) in [6.45, 7) is 0. The van der Waals surface area contributed by atoms with Crippen LogP contribution in [0.15, 0.2) is 140 Å². The van der Waals surface area contributed by atoms with Crippen LogP contribution in [0.3, 0.4) is 0 Å². The molecule has 11 heteroatoms. The van der Waals surface area contributed by atoms with Crippen LogP contribution in [0.2, 0.25) is 0 Å². The van der Waals surface area contributed by atoms with Crippen LogP contribution in [0.4, 0.5) is 0 Å². The zero-order valence-electron chi connectivity index (χ0n) is 25.3. The molecule has 0 saturated heterocycles. The summed E-state index contributed by atoms with van der Waals surface area (Å²) >= 11 is 0. The van der Waals surface area contributed by atoms with Gasteiger partial charge in [-0.3, -0.25) is 9.13 Å². The lowest BCUT2D eigenvalue weighted by Gasteiger charge is -2.01. The van der Waals surface area contributed by atoms with Crippen molar-refractivity contribution in [1.82, 2.24) is 54.0 Å². The number of aromatic amines is 2. The molecule has 0 radical (unpaired) electrons. The molecule has 5 aromatic heterocycles. The third kappa shape index (κ3) is 5.11. The predicted octanol–water partition coefficient (Wildman–Crippen LogP) is 7.32. The quantitative estimate of drug-likeness (QED) is 0.210. The second-order valence-electron chi connectivity index (χ2n) is 11.1. The number of benzene rings is 4. The Bertz CT molecular complexity index is 2290. The van der Waals surface area contributed by atoms with E-state index >= 15 is 0 Å². The third-order valence-electron chi connectivity index (χ3n) is 7.88. The second-order valence-corrected chi connectivity index (χ2v) is 11.1. The molecule has 8 bridgehead atoms. The number of H-pyrrole nitrogens is 2. The Hall–Kier alpha value is -7.01. The molecule has 0 fully saturated rings. The van der Waals surface area contributed by atoms with E-state index in [-0.39, 0.29) is 0 Å². The standard InChI is InChI=1S/C37H25N11/c1-5-13-24(14-6-1)28-21-29-38-30-22-47(26-17-9-3-10-18-26)37(41-30)46-34-32(25-15-7-2-8-16-25)43-35(44-34)40-31-23-48(27-19-11-4-12-20-27)36(42-31)45-33(28)39-29/h1-23H,(H,38,39,42,45)(H,40,41,44,46). The van der Waals surface area contributed by atoms with Crippen LogP contribution < -0.4 is 0 Å². The maximum atomic E-state index is 5.05. The normalized spacial score (nSPS) is 11.3. The Morgan fingerprint density at radius 2 is 0.958 bits per heavy atom. The first-order valence-electron chi connectivity index (χ1n) is 15.3. The molecule has 0 aliphatic rings. The molecule has 0 atom stereocenters.